The second-order valence-electron chi connectivity index (χ2n) is 5.14. The molecule has 0 radical (unpaired) electrons. The lowest BCUT2D eigenvalue weighted by Gasteiger charge is -2.05. The Labute approximate surface area is 149 Å². The Morgan fingerprint density at radius 1 is 1.12 bits per heavy atom. The zero-order valence-electron chi connectivity index (χ0n) is 13.2. The summed E-state index contributed by atoms with van der Waals surface area (Å²) >= 11 is 2.72. The molecule has 0 aliphatic rings. The predicted octanol–water partition coefficient (Wildman–Crippen LogP) is 4.50. The number of nitrogens with zero attached hydrogens (tertiary/aromatic N) is 2. The fourth-order valence-corrected chi connectivity index (χ4v) is 3.54. The Bertz CT molecular complexity index is 801. The molecule has 0 fully saturated rings. The van der Waals surface area contributed by atoms with Crippen LogP contribution in [-0.2, 0) is 11.2 Å². The van der Waals surface area contributed by atoms with Crippen molar-refractivity contribution in [2.24, 2.45) is 0 Å². The summed E-state index contributed by atoms with van der Waals surface area (Å²) in [5, 5.41) is 2.90. The molecule has 0 aliphatic heterocycles. The Kier molecular flexibility index (Phi) is 5.61. The van der Waals surface area contributed by atoms with Gasteiger partial charge in [0.25, 0.3) is 0 Å². The molecule has 4 nitrogen and oxygen atoms in total. The Balaban J connectivity index is 1.53. The first-order valence-corrected chi connectivity index (χ1v) is 9.41. The summed E-state index contributed by atoms with van der Waals surface area (Å²) in [6, 6.07) is 17.7. The van der Waals surface area contributed by atoms with E-state index in [1.807, 2.05) is 54.6 Å². The first-order valence-electron chi connectivity index (χ1n) is 7.65. The molecule has 1 N–H and O–H groups in total. The summed E-state index contributed by atoms with van der Waals surface area (Å²) in [4.78, 5) is 16.5. The van der Waals surface area contributed by atoms with Crippen LogP contribution in [0.3, 0.4) is 0 Å². The molecule has 0 aliphatic carbocycles. The van der Waals surface area contributed by atoms with Crippen LogP contribution < -0.4 is 5.32 Å². The van der Waals surface area contributed by atoms with Crippen LogP contribution in [0.2, 0.25) is 0 Å². The molecular weight excluding hydrogens is 338 g/mol. The lowest BCUT2D eigenvalue weighted by molar-refractivity contribution is -0.113. The van der Waals surface area contributed by atoms with Crippen molar-refractivity contribution in [3.8, 4) is 11.4 Å². The number of hydrogen-bond acceptors (Lipinski definition) is 5. The topological polar surface area (TPSA) is 54.9 Å². The van der Waals surface area contributed by atoms with E-state index in [0.717, 1.165) is 22.0 Å². The van der Waals surface area contributed by atoms with Gasteiger partial charge in [-0.05, 0) is 35.6 Å². The predicted molar refractivity (Wildman–Crippen MR) is 101 cm³/mol. The maximum absolute atomic E-state index is 12.0. The first-order chi connectivity index (χ1) is 11.7. The highest BCUT2D eigenvalue weighted by Crippen LogP contribution is 2.25. The number of nitrogens with one attached hydrogen (secondary N) is 1. The van der Waals surface area contributed by atoms with Crippen LogP contribution in [0.15, 0.2) is 58.9 Å². The Hall–Kier alpha value is -2.18. The summed E-state index contributed by atoms with van der Waals surface area (Å²) in [6.45, 7) is 2.11. The van der Waals surface area contributed by atoms with Crippen molar-refractivity contribution in [1.82, 2.24) is 9.36 Å². The largest absolute Gasteiger partial charge is 0.325 e. The van der Waals surface area contributed by atoms with E-state index >= 15 is 0 Å². The summed E-state index contributed by atoms with van der Waals surface area (Å²) < 4.78 is 5.14. The summed E-state index contributed by atoms with van der Waals surface area (Å²) in [7, 11) is 0. The number of amides is 1. The molecule has 1 amide bonds. The van der Waals surface area contributed by atoms with Gasteiger partial charge in [0.05, 0.1) is 5.75 Å². The second-order valence-corrected chi connectivity index (χ2v) is 7.11. The van der Waals surface area contributed by atoms with E-state index in [9.17, 15) is 4.79 Å². The average Bonchev–Trinajstić information content (AvgIpc) is 3.10. The number of carbonyl (C=O) groups excluding carboxylic acids is 1. The van der Waals surface area contributed by atoms with Crippen molar-refractivity contribution in [1.29, 1.82) is 0 Å². The lowest BCUT2D eigenvalue weighted by atomic mass is 10.1. The molecule has 0 saturated carbocycles. The Morgan fingerprint density at radius 2 is 1.88 bits per heavy atom. The van der Waals surface area contributed by atoms with E-state index in [1.165, 1.54) is 28.9 Å². The van der Waals surface area contributed by atoms with Gasteiger partial charge in [0, 0.05) is 11.3 Å². The van der Waals surface area contributed by atoms with Gasteiger partial charge in [-0.25, -0.2) is 4.98 Å². The number of hydrogen-bond donors (Lipinski definition) is 1. The van der Waals surface area contributed by atoms with Gasteiger partial charge < -0.3 is 5.32 Å². The van der Waals surface area contributed by atoms with Crippen molar-refractivity contribution in [2.45, 2.75) is 17.7 Å². The van der Waals surface area contributed by atoms with Crippen LogP contribution in [-0.4, -0.2) is 21.0 Å². The summed E-state index contributed by atoms with van der Waals surface area (Å²) in [5.74, 6) is 0.984. The maximum Gasteiger partial charge on any atom is 0.234 e. The van der Waals surface area contributed by atoms with E-state index in [1.54, 1.807) is 0 Å². The Morgan fingerprint density at radius 3 is 2.58 bits per heavy atom. The molecule has 0 saturated heterocycles. The highest BCUT2D eigenvalue weighted by atomic mass is 32.2. The molecular formula is C18H17N3OS2. The number of thioether (sulfide) groups is 1. The minimum absolute atomic E-state index is 0.0410. The third kappa shape index (κ3) is 4.43. The van der Waals surface area contributed by atoms with Gasteiger partial charge in [0.1, 0.15) is 0 Å². The minimum Gasteiger partial charge on any atom is -0.325 e. The van der Waals surface area contributed by atoms with Gasteiger partial charge in [-0.1, -0.05) is 61.2 Å². The van der Waals surface area contributed by atoms with E-state index in [0.29, 0.717) is 11.6 Å². The van der Waals surface area contributed by atoms with Gasteiger partial charge in [0.2, 0.25) is 5.91 Å². The maximum atomic E-state index is 12.0. The van der Waals surface area contributed by atoms with Crippen LogP contribution >= 0.6 is 23.3 Å². The number of rotatable bonds is 6. The van der Waals surface area contributed by atoms with Crippen molar-refractivity contribution in [3.63, 3.8) is 0 Å². The van der Waals surface area contributed by atoms with Crippen LogP contribution in [0.4, 0.5) is 5.69 Å². The van der Waals surface area contributed by atoms with E-state index < -0.39 is 0 Å². The number of anilines is 1. The molecule has 1 aromatic heterocycles. The molecule has 0 atom stereocenters. The van der Waals surface area contributed by atoms with Crippen molar-refractivity contribution in [3.05, 3.63) is 60.2 Å². The molecule has 0 spiro atoms. The molecule has 1 heterocycles. The van der Waals surface area contributed by atoms with Crippen LogP contribution in [0.5, 0.6) is 0 Å². The molecule has 3 rings (SSSR count). The summed E-state index contributed by atoms with van der Waals surface area (Å²) in [5.41, 5.74) is 3.06. The fraction of sp³-hybridized carbons (Fsp3) is 0.167. The molecule has 6 heteroatoms. The molecule has 2 aromatic carbocycles. The average molecular weight is 355 g/mol. The first kappa shape index (κ1) is 16.7. The van der Waals surface area contributed by atoms with Crippen LogP contribution in [0.1, 0.15) is 12.5 Å². The standard InChI is InChI=1S/C18H17N3OS2/c1-2-13-8-10-15(11-9-13)19-16(22)12-23-18-20-17(21-24-18)14-6-4-3-5-7-14/h3-11H,2,12H2,1H3,(H,19,22). The van der Waals surface area contributed by atoms with Crippen molar-refractivity contribution < 1.29 is 4.79 Å². The normalized spacial score (nSPS) is 10.5. The van der Waals surface area contributed by atoms with Gasteiger partial charge in [-0.3, -0.25) is 4.79 Å². The number of aryl methyl sites for hydroxylation is 1. The highest BCUT2D eigenvalue weighted by molar-refractivity contribution is 8.01. The molecule has 0 bridgehead atoms. The van der Waals surface area contributed by atoms with E-state index in [4.69, 9.17) is 0 Å². The SMILES string of the molecule is CCc1ccc(NC(=O)CSc2nc(-c3ccccc3)ns2)cc1. The third-order valence-electron chi connectivity index (χ3n) is 3.41. The van der Waals surface area contributed by atoms with Crippen molar-refractivity contribution in [2.75, 3.05) is 11.1 Å². The second kappa shape index (κ2) is 8.08. The molecule has 0 unspecified atom stereocenters. The molecule has 24 heavy (non-hydrogen) atoms. The third-order valence-corrected chi connectivity index (χ3v) is 5.25. The monoisotopic (exact) mass is 355 g/mol. The van der Waals surface area contributed by atoms with Crippen molar-refractivity contribution >= 4 is 34.9 Å². The fourth-order valence-electron chi connectivity index (χ4n) is 2.12. The lowest BCUT2D eigenvalue weighted by Crippen LogP contribution is -2.13. The minimum atomic E-state index is -0.0410. The molecule has 3 aromatic rings. The smallest absolute Gasteiger partial charge is 0.234 e. The van der Waals surface area contributed by atoms with E-state index in [-0.39, 0.29) is 5.91 Å². The van der Waals surface area contributed by atoms with Gasteiger partial charge in [-0.15, -0.1) is 0 Å². The van der Waals surface area contributed by atoms with Crippen LogP contribution in [0.25, 0.3) is 11.4 Å². The highest BCUT2D eigenvalue weighted by Gasteiger charge is 2.09. The summed E-state index contributed by atoms with van der Waals surface area (Å²) in [6.07, 6.45) is 0.991. The molecule has 122 valence electrons. The zero-order chi connectivity index (χ0) is 16.8. The quantitative estimate of drug-likeness (QED) is 0.662. The van der Waals surface area contributed by atoms with Gasteiger partial charge in [0.15, 0.2) is 10.2 Å². The number of benzene rings is 2. The van der Waals surface area contributed by atoms with Gasteiger partial charge >= 0.3 is 0 Å². The van der Waals surface area contributed by atoms with E-state index in [2.05, 4.69) is 21.6 Å². The van der Waals surface area contributed by atoms with Crippen LogP contribution in [0, 0.1) is 0 Å². The van der Waals surface area contributed by atoms with Gasteiger partial charge in [-0.2, -0.15) is 4.37 Å². The number of carbonyl (C=O) groups is 1. The number of aromatic nitrogens is 2. The zero-order valence-corrected chi connectivity index (χ0v) is 14.9.